The predicted octanol–water partition coefficient (Wildman–Crippen LogP) is 0.749. The smallest absolute Gasteiger partial charge is 0.326 e. The van der Waals surface area contributed by atoms with Gasteiger partial charge >= 0.3 is 12.0 Å². The maximum Gasteiger partial charge on any atom is 0.326 e. The number of benzene rings is 1. The van der Waals surface area contributed by atoms with Gasteiger partial charge in [-0.3, -0.25) is 0 Å². The first-order chi connectivity index (χ1) is 9.92. The number of likely N-dealkylation sites (tertiary alicyclic amines) is 1. The Kier molecular flexibility index (Phi) is 4.05. The van der Waals surface area contributed by atoms with Gasteiger partial charge in [0, 0.05) is 13.0 Å². The number of halogens is 1. The molecule has 2 rings (SSSR count). The number of carbonyl (C=O) groups is 2. The minimum absolute atomic E-state index is 0.0583. The number of aliphatic carboxylic acids is 1. The zero-order valence-electron chi connectivity index (χ0n) is 10.8. The first-order valence-electron chi connectivity index (χ1n) is 6.10. The first-order valence-corrected chi connectivity index (χ1v) is 6.10. The van der Waals surface area contributed by atoms with Crippen LogP contribution in [0.1, 0.15) is 12.0 Å². The summed E-state index contributed by atoms with van der Waals surface area (Å²) in [6, 6.07) is 3.09. The highest BCUT2D eigenvalue weighted by Crippen LogP contribution is 2.21. The van der Waals surface area contributed by atoms with E-state index in [1.165, 1.54) is 6.07 Å². The average Bonchev–Trinajstić information content (AvgIpc) is 2.83. The van der Waals surface area contributed by atoms with E-state index in [0.29, 0.717) is 0 Å². The number of nitrogens with zero attached hydrogens (tertiary/aromatic N) is 2. The summed E-state index contributed by atoms with van der Waals surface area (Å²) in [7, 11) is 0. The number of anilines is 1. The van der Waals surface area contributed by atoms with Crippen molar-refractivity contribution in [3.63, 3.8) is 0 Å². The number of urea groups is 1. The number of nitrogens with one attached hydrogen (secondary N) is 1. The SMILES string of the molecule is N#Cc1cc(F)ccc1NC(=O)N1C[C@H](O)C[C@@H]1C(=O)O. The van der Waals surface area contributed by atoms with Crippen LogP contribution in [0.25, 0.3) is 0 Å². The largest absolute Gasteiger partial charge is 0.480 e. The molecule has 3 N–H and O–H groups in total. The van der Waals surface area contributed by atoms with Crippen molar-refractivity contribution < 1.29 is 24.2 Å². The fraction of sp³-hybridized carbons (Fsp3) is 0.308. The molecule has 110 valence electrons. The summed E-state index contributed by atoms with van der Waals surface area (Å²) in [5.41, 5.74) is 0.00407. The molecule has 1 heterocycles. The topological polar surface area (TPSA) is 114 Å². The number of carboxylic acids is 1. The van der Waals surface area contributed by atoms with E-state index in [9.17, 15) is 19.1 Å². The van der Waals surface area contributed by atoms with Crippen LogP contribution in [-0.2, 0) is 4.79 Å². The molecule has 8 heteroatoms. The van der Waals surface area contributed by atoms with Crippen molar-refractivity contribution in [3.8, 4) is 6.07 Å². The fourth-order valence-electron chi connectivity index (χ4n) is 2.18. The van der Waals surface area contributed by atoms with Crippen molar-refractivity contribution >= 4 is 17.7 Å². The van der Waals surface area contributed by atoms with Crippen molar-refractivity contribution in [1.82, 2.24) is 4.90 Å². The summed E-state index contributed by atoms with van der Waals surface area (Å²) in [6.45, 7) is -0.119. The highest BCUT2D eigenvalue weighted by atomic mass is 19.1. The summed E-state index contributed by atoms with van der Waals surface area (Å²) >= 11 is 0. The lowest BCUT2D eigenvalue weighted by molar-refractivity contribution is -0.141. The van der Waals surface area contributed by atoms with Gasteiger partial charge < -0.3 is 20.4 Å². The quantitative estimate of drug-likeness (QED) is 0.744. The number of aliphatic hydroxyl groups excluding tert-OH is 1. The number of β-amino-alcohol motifs (C(OH)–C–C–N with tert-alkyl or cyclic N) is 1. The molecule has 0 aliphatic carbocycles. The van der Waals surface area contributed by atoms with E-state index in [-0.39, 0.29) is 24.2 Å². The summed E-state index contributed by atoms with van der Waals surface area (Å²) in [6.07, 6.45) is -0.974. The van der Waals surface area contributed by atoms with Crippen molar-refractivity contribution in [2.45, 2.75) is 18.6 Å². The first kappa shape index (κ1) is 14.7. The predicted molar refractivity (Wildman–Crippen MR) is 68.9 cm³/mol. The second-order valence-corrected chi connectivity index (χ2v) is 4.63. The molecule has 0 bridgehead atoms. The molecule has 0 unspecified atom stereocenters. The number of rotatable bonds is 2. The molecule has 1 aliphatic rings. The van der Waals surface area contributed by atoms with Crippen molar-refractivity contribution in [2.75, 3.05) is 11.9 Å². The third-order valence-electron chi connectivity index (χ3n) is 3.17. The lowest BCUT2D eigenvalue weighted by atomic mass is 10.2. The van der Waals surface area contributed by atoms with Crippen LogP contribution in [0.2, 0.25) is 0 Å². The van der Waals surface area contributed by atoms with Gasteiger partial charge in [-0.25, -0.2) is 14.0 Å². The van der Waals surface area contributed by atoms with Crippen LogP contribution in [0.4, 0.5) is 14.9 Å². The molecule has 0 aromatic heterocycles. The number of amides is 2. The van der Waals surface area contributed by atoms with Crippen LogP contribution in [0.15, 0.2) is 18.2 Å². The summed E-state index contributed by atoms with van der Waals surface area (Å²) in [5.74, 6) is -1.84. The molecule has 0 saturated carbocycles. The number of carbonyl (C=O) groups excluding carboxylic acids is 1. The second-order valence-electron chi connectivity index (χ2n) is 4.63. The Morgan fingerprint density at radius 1 is 1.48 bits per heavy atom. The van der Waals surface area contributed by atoms with Gasteiger partial charge in [0.25, 0.3) is 0 Å². The van der Waals surface area contributed by atoms with E-state index in [1.807, 2.05) is 0 Å². The van der Waals surface area contributed by atoms with Crippen LogP contribution in [-0.4, -0.2) is 45.8 Å². The third kappa shape index (κ3) is 3.09. The van der Waals surface area contributed by atoms with Crippen molar-refractivity contribution in [2.24, 2.45) is 0 Å². The van der Waals surface area contributed by atoms with Gasteiger partial charge in [-0.1, -0.05) is 0 Å². The second kappa shape index (κ2) is 5.76. The average molecular weight is 293 g/mol. The van der Waals surface area contributed by atoms with E-state index in [4.69, 9.17) is 10.4 Å². The van der Waals surface area contributed by atoms with Crippen LogP contribution in [0, 0.1) is 17.1 Å². The van der Waals surface area contributed by atoms with E-state index in [2.05, 4.69) is 5.32 Å². The highest BCUT2D eigenvalue weighted by Gasteiger charge is 2.39. The van der Waals surface area contributed by atoms with Gasteiger partial charge in [0.15, 0.2) is 0 Å². The molecular formula is C13H12FN3O4. The Hall–Kier alpha value is -2.66. The van der Waals surface area contributed by atoms with Gasteiger partial charge in [0.1, 0.15) is 17.9 Å². The number of carboxylic acid groups (broad SMARTS) is 1. The molecule has 2 amide bonds. The van der Waals surface area contributed by atoms with Crippen LogP contribution in [0.3, 0.4) is 0 Å². The lowest BCUT2D eigenvalue weighted by Crippen LogP contribution is -2.43. The Morgan fingerprint density at radius 3 is 2.81 bits per heavy atom. The fourth-order valence-corrected chi connectivity index (χ4v) is 2.18. The maximum absolute atomic E-state index is 13.0. The van der Waals surface area contributed by atoms with Gasteiger partial charge in [0.2, 0.25) is 0 Å². The van der Waals surface area contributed by atoms with Gasteiger partial charge in [-0.15, -0.1) is 0 Å². The molecule has 2 atom stereocenters. The monoisotopic (exact) mass is 293 g/mol. The summed E-state index contributed by atoms with van der Waals surface area (Å²) in [5, 5.41) is 29.8. The van der Waals surface area contributed by atoms with Gasteiger partial charge in [-0.2, -0.15) is 5.26 Å². The number of hydrogen-bond donors (Lipinski definition) is 3. The molecule has 1 aliphatic heterocycles. The molecule has 21 heavy (non-hydrogen) atoms. The normalized spacial score (nSPS) is 20.9. The van der Waals surface area contributed by atoms with E-state index in [1.54, 1.807) is 6.07 Å². The zero-order valence-corrected chi connectivity index (χ0v) is 10.8. The molecule has 7 nitrogen and oxygen atoms in total. The number of nitriles is 1. The Balaban J connectivity index is 2.18. The molecule has 1 aromatic rings. The molecular weight excluding hydrogens is 281 g/mol. The van der Waals surface area contributed by atoms with E-state index >= 15 is 0 Å². The van der Waals surface area contributed by atoms with E-state index < -0.39 is 30.0 Å². The minimum Gasteiger partial charge on any atom is -0.480 e. The van der Waals surface area contributed by atoms with Crippen molar-refractivity contribution in [1.29, 1.82) is 5.26 Å². The molecule has 1 aromatic carbocycles. The molecule has 1 saturated heterocycles. The van der Waals surface area contributed by atoms with E-state index in [0.717, 1.165) is 17.0 Å². The third-order valence-corrected chi connectivity index (χ3v) is 3.17. The van der Waals surface area contributed by atoms with Gasteiger partial charge in [-0.05, 0) is 18.2 Å². The zero-order chi connectivity index (χ0) is 15.6. The Bertz CT molecular complexity index is 628. The minimum atomic E-state index is -1.22. The van der Waals surface area contributed by atoms with Crippen LogP contribution in [0.5, 0.6) is 0 Å². The standard InChI is InChI=1S/C13H12FN3O4/c14-8-1-2-10(7(3-8)5-15)16-13(21)17-6-9(18)4-11(17)12(19)20/h1-3,9,11,18H,4,6H2,(H,16,21)(H,19,20)/t9-,11-/m1/s1. The Labute approximate surface area is 119 Å². The Morgan fingerprint density at radius 2 is 2.19 bits per heavy atom. The molecule has 0 radical (unpaired) electrons. The molecule has 1 fully saturated rings. The summed E-state index contributed by atoms with van der Waals surface area (Å²) < 4.78 is 13.0. The number of hydrogen-bond acceptors (Lipinski definition) is 4. The van der Waals surface area contributed by atoms with Gasteiger partial charge in [0.05, 0.1) is 17.4 Å². The number of aliphatic hydroxyl groups is 1. The van der Waals surface area contributed by atoms with Crippen LogP contribution >= 0.6 is 0 Å². The van der Waals surface area contributed by atoms with Crippen molar-refractivity contribution in [3.05, 3.63) is 29.6 Å². The van der Waals surface area contributed by atoms with Crippen LogP contribution < -0.4 is 5.32 Å². The molecule has 0 spiro atoms. The lowest BCUT2D eigenvalue weighted by Gasteiger charge is -2.21. The maximum atomic E-state index is 13.0. The summed E-state index contributed by atoms with van der Waals surface area (Å²) in [4.78, 5) is 24.1. The highest BCUT2D eigenvalue weighted by molar-refractivity contribution is 5.93.